The zero-order valence-electron chi connectivity index (χ0n) is 17.3. The molecule has 3 aromatic heterocycles. The van der Waals surface area contributed by atoms with E-state index in [4.69, 9.17) is 4.98 Å². The number of pyridine rings is 3. The summed E-state index contributed by atoms with van der Waals surface area (Å²) >= 11 is 0. The summed E-state index contributed by atoms with van der Waals surface area (Å²) in [6.07, 6.45) is 3.51. The molecule has 144 valence electrons. The van der Waals surface area contributed by atoms with Gasteiger partial charge in [-0.1, -0.05) is 41.5 Å². The molecule has 3 rings (SSSR count). The fraction of sp³-hybridized carbons (Fsp3) is 0.348. The third-order valence-electron chi connectivity index (χ3n) is 4.69. The summed E-state index contributed by atoms with van der Waals surface area (Å²) in [4.78, 5) is 13.9. The Morgan fingerprint density at radius 3 is 1.71 bits per heavy atom. The van der Waals surface area contributed by atoms with Gasteiger partial charge in [-0.3, -0.25) is 14.5 Å². The maximum absolute atomic E-state index is 11.3. The van der Waals surface area contributed by atoms with Crippen molar-refractivity contribution in [1.29, 1.82) is 0 Å². The monoisotopic (exact) mass is 391 g/mol. The predicted octanol–water partition coefficient (Wildman–Crippen LogP) is 5.72. The largest absolute Gasteiger partial charge is 0.269 e. The van der Waals surface area contributed by atoms with Gasteiger partial charge in [0.05, 0.1) is 22.8 Å². The first-order valence-corrected chi connectivity index (χ1v) is 10.2. The van der Waals surface area contributed by atoms with Crippen molar-refractivity contribution >= 4 is 13.8 Å². The molecule has 0 unspecified atom stereocenters. The Morgan fingerprint density at radius 2 is 1.18 bits per heavy atom. The third kappa shape index (κ3) is 4.51. The highest BCUT2D eigenvalue weighted by Gasteiger charge is 2.20. The average Bonchev–Trinajstić information content (AvgIpc) is 2.66. The Bertz CT molecular complexity index is 1020. The van der Waals surface area contributed by atoms with E-state index < -0.39 is 0 Å². The van der Waals surface area contributed by atoms with Crippen molar-refractivity contribution in [2.75, 3.05) is 0 Å². The van der Waals surface area contributed by atoms with Gasteiger partial charge in [-0.25, -0.2) is 4.98 Å². The molecule has 0 N–H and O–H groups in total. The van der Waals surface area contributed by atoms with Crippen LogP contribution in [0.5, 0.6) is 0 Å². The molecule has 0 aliphatic carbocycles. The molecule has 0 aromatic carbocycles. The lowest BCUT2D eigenvalue weighted by Crippen LogP contribution is -2.13. The van der Waals surface area contributed by atoms with Crippen LogP contribution in [0.2, 0.25) is 0 Å². The van der Waals surface area contributed by atoms with Crippen LogP contribution >= 0.6 is 8.46 Å². The third-order valence-corrected chi connectivity index (χ3v) is 5.18. The van der Waals surface area contributed by atoms with Gasteiger partial charge in [0.25, 0.3) is 0 Å². The highest BCUT2D eigenvalue weighted by Crippen LogP contribution is 2.31. The van der Waals surface area contributed by atoms with E-state index in [1.165, 1.54) is 5.56 Å². The molecule has 0 saturated carbocycles. The van der Waals surface area contributed by atoms with Crippen molar-refractivity contribution in [3.63, 3.8) is 0 Å². The highest BCUT2D eigenvalue weighted by molar-refractivity contribution is 7.34. The van der Waals surface area contributed by atoms with Crippen LogP contribution in [0, 0.1) is 0 Å². The first kappa shape index (κ1) is 20.3. The predicted molar refractivity (Wildman–Crippen MR) is 115 cm³/mol. The van der Waals surface area contributed by atoms with E-state index in [1.54, 1.807) is 12.3 Å². The Morgan fingerprint density at radius 1 is 0.679 bits per heavy atom. The Balaban J connectivity index is 2.20. The van der Waals surface area contributed by atoms with E-state index in [0.717, 1.165) is 22.6 Å². The molecule has 0 fully saturated rings. The molecule has 4 nitrogen and oxygen atoms in total. The molecule has 0 amide bonds. The molecular weight excluding hydrogens is 365 g/mol. The van der Waals surface area contributed by atoms with Gasteiger partial charge in [-0.15, -0.1) is 0 Å². The van der Waals surface area contributed by atoms with Crippen molar-refractivity contribution < 1.29 is 4.57 Å². The lowest BCUT2D eigenvalue weighted by atomic mass is 9.85. The standard InChI is InChI=1S/C23H26N3OP/c1-22(2,3)15-7-9-24-18(11-15)20-12-16(23(4,5)6)13-21(26-20)19-14-17(28-27)8-10-25-19/h7-14H,1-6H3. The first-order valence-electron chi connectivity index (χ1n) is 9.37. The zero-order chi connectivity index (χ0) is 20.5. The number of aromatic nitrogens is 3. The van der Waals surface area contributed by atoms with Gasteiger partial charge in [0.15, 0.2) is 8.46 Å². The van der Waals surface area contributed by atoms with Crippen LogP contribution in [0.1, 0.15) is 52.7 Å². The van der Waals surface area contributed by atoms with Crippen LogP contribution < -0.4 is 5.30 Å². The minimum Gasteiger partial charge on any atom is -0.269 e. The normalized spacial score (nSPS) is 12.4. The second-order valence-electron chi connectivity index (χ2n) is 9.05. The molecule has 28 heavy (non-hydrogen) atoms. The second kappa shape index (κ2) is 7.52. The molecule has 0 aliphatic heterocycles. The summed E-state index contributed by atoms with van der Waals surface area (Å²) in [7, 11) is -0.0241. The Kier molecular flexibility index (Phi) is 5.45. The Labute approximate surface area is 168 Å². The van der Waals surface area contributed by atoms with E-state index in [2.05, 4.69) is 75.8 Å². The van der Waals surface area contributed by atoms with Gasteiger partial charge in [-0.05, 0) is 58.4 Å². The van der Waals surface area contributed by atoms with Gasteiger partial charge >= 0.3 is 0 Å². The van der Waals surface area contributed by atoms with Crippen LogP contribution in [-0.2, 0) is 15.4 Å². The van der Waals surface area contributed by atoms with Crippen LogP contribution in [0.25, 0.3) is 22.8 Å². The summed E-state index contributed by atoms with van der Waals surface area (Å²) in [5, 5.41) is 0.683. The molecule has 0 aliphatic rings. The number of rotatable bonds is 3. The summed E-state index contributed by atoms with van der Waals surface area (Å²) < 4.78 is 11.3. The quantitative estimate of drug-likeness (QED) is 0.536. The minimum absolute atomic E-state index is 0.0241. The van der Waals surface area contributed by atoms with E-state index in [-0.39, 0.29) is 19.3 Å². The van der Waals surface area contributed by atoms with Crippen LogP contribution in [0.4, 0.5) is 0 Å². The Hall–Kier alpha value is -2.45. The van der Waals surface area contributed by atoms with Gasteiger partial charge in [-0.2, -0.15) is 0 Å². The van der Waals surface area contributed by atoms with Gasteiger partial charge < -0.3 is 0 Å². The molecule has 5 heteroatoms. The average molecular weight is 391 g/mol. The molecule has 0 spiro atoms. The van der Waals surface area contributed by atoms with Crippen LogP contribution in [0.15, 0.2) is 48.8 Å². The van der Waals surface area contributed by atoms with E-state index in [0.29, 0.717) is 11.0 Å². The summed E-state index contributed by atoms with van der Waals surface area (Å²) in [5.41, 5.74) is 5.48. The lowest BCUT2D eigenvalue weighted by molar-refractivity contribution is 0.588. The van der Waals surface area contributed by atoms with Crippen molar-refractivity contribution in [3.05, 3.63) is 59.9 Å². The SMILES string of the molecule is CC(C)(C)c1ccnc(-c2cc(C(C)(C)C)cc(-c3cc(P=O)ccn3)n2)c1. The maximum Gasteiger partial charge on any atom is 0.192 e. The highest BCUT2D eigenvalue weighted by atomic mass is 31.1. The summed E-state index contributed by atoms with van der Waals surface area (Å²) in [6.45, 7) is 13.1. The minimum atomic E-state index is -0.0531. The van der Waals surface area contributed by atoms with Crippen molar-refractivity contribution in [2.24, 2.45) is 0 Å². The lowest BCUT2D eigenvalue weighted by Gasteiger charge is -2.22. The van der Waals surface area contributed by atoms with E-state index >= 15 is 0 Å². The smallest absolute Gasteiger partial charge is 0.192 e. The van der Waals surface area contributed by atoms with Crippen LogP contribution in [-0.4, -0.2) is 15.0 Å². The number of nitrogens with zero attached hydrogens (tertiary/aromatic N) is 3. The topological polar surface area (TPSA) is 55.7 Å². The molecule has 0 saturated heterocycles. The first-order chi connectivity index (χ1) is 13.1. The van der Waals surface area contributed by atoms with E-state index in [1.807, 2.05) is 12.3 Å². The molecule has 0 radical (unpaired) electrons. The van der Waals surface area contributed by atoms with Crippen molar-refractivity contribution in [1.82, 2.24) is 15.0 Å². The molecule has 3 aromatic rings. The zero-order valence-corrected chi connectivity index (χ0v) is 18.2. The summed E-state index contributed by atoms with van der Waals surface area (Å²) in [5.74, 6) is 0. The number of hydrogen-bond donors (Lipinski definition) is 0. The van der Waals surface area contributed by atoms with Gasteiger partial charge in [0.2, 0.25) is 0 Å². The van der Waals surface area contributed by atoms with Gasteiger partial charge in [0, 0.05) is 17.7 Å². The molecule has 0 atom stereocenters. The van der Waals surface area contributed by atoms with E-state index in [9.17, 15) is 4.57 Å². The summed E-state index contributed by atoms with van der Waals surface area (Å²) in [6, 6.07) is 11.9. The van der Waals surface area contributed by atoms with Crippen molar-refractivity contribution in [2.45, 2.75) is 52.4 Å². The van der Waals surface area contributed by atoms with Crippen LogP contribution in [0.3, 0.4) is 0 Å². The second-order valence-corrected chi connectivity index (χ2v) is 9.75. The van der Waals surface area contributed by atoms with Gasteiger partial charge in [0.1, 0.15) is 0 Å². The molecule has 0 bridgehead atoms. The van der Waals surface area contributed by atoms with Crippen molar-refractivity contribution in [3.8, 4) is 22.8 Å². The fourth-order valence-electron chi connectivity index (χ4n) is 2.88. The fourth-order valence-corrected chi connectivity index (χ4v) is 3.18. The molecular formula is C23H26N3OP. The maximum atomic E-state index is 11.3. The molecule has 3 heterocycles. The number of hydrogen-bond acceptors (Lipinski definition) is 4.